The molecule has 162 valence electrons. The van der Waals surface area contributed by atoms with Gasteiger partial charge in [0, 0.05) is 45.1 Å². The Kier molecular flexibility index (Phi) is 11.2. The molecule has 2 rings (SSSR count). The van der Waals surface area contributed by atoms with Crippen molar-refractivity contribution in [2.24, 2.45) is 4.99 Å². The molecule has 0 amide bonds. The van der Waals surface area contributed by atoms with E-state index >= 15 is 0 Å². The minimum Gasteiger partial charge on any atom is -0.387 e. The minimum atomic E-state index is -0.891. The van der Waals surface area contributed by atoms with Gasteiger partial charge in [-0.1, -0.05) is 19.0 Å². The third-order valence-electron chi connectivity index (χ3n) is 4.22. The van der Waals surface area contributed by atoms with Gasteiger partial charge >= 0.3 is 0 Å². The second-order valence-electron chi connectivity index (χ2n) is 7.46. The third-order valence-corrected chi connectivity index (χ3v) is 4.22. The monoisotopic (exact) mass is 510 g/mol. The Morgan fingerprint density at radius 2 is 2.04 bits per heavy atom. The predicted molar refractivity (Wildman–Crippen MR) is 119 cm³/mol. The quantitative estimate of drug-likeness (QED) is 0.257. The Morgan fingerprint density at radius 1 is 1.32 bits per heavy atom. The summed E-state index contributed by atoms with van der Waals surface area (Å²) in [6.07, 6.45) is 0.619. The van der Waals surface area contributed by atoms with Crippen LogP contribution in [0.25, 0.3) is 0 Å². The molecule has 0 aliphatic carbocycles. The molecule has 28 heavy (non-hydrogen) atoms. The van der Waals surface area contributed by atoms with Crippen LogP contribution in [0.15, 0.2) is 9.52 Å². The summed E-state index contributed by atoms with van der Waals surface area (Å²) in [6, 6.07) is 0. The Hall–Kier alpha value is -0.980. The van der Waals surface area contributed by atoms with Gasteiger partial charge in [-0.15, -0.1) is 24.0 Å². The van der Waals surface area contributed by atoms with Gasteiger partial charge in [-0.05, 0) is 13.8 Å². The lowest BCUT2D eigenvalue weighted by atomic mass is 10.1. The highest BCUT2D eigenvalue weighted by atomic mass is 127. The van der Waals surface area contributed by atoms with E-state index in [4.69, 9.17) is 9.26 Å². The van der Waals surface area contributed by atoms with Crippen LogP contribution in [0.4, 0.5) is 0 Å². The fourth-order valence-electron chi connectivity index (χ4n) is 2.77. The van der Waals surface area contributed by atoms with E-state index in [2.05, 4.69) is 30.7 Å². The molecule has 1 atom stereocenters. The number of rotatable bonds is 9. The van der Waals surface area contributed by atoms with Crippen molar-refractivity contribution in [3.63, 3.8) is 0 Å². The van der Waals surface area contributed by atoms with Gasteiger partial charge in [0.25, 0.3) is 0 Å². The number of ether oxygens (including phenoxy) is 1. The van der Waals surface area contributed by atoms with Crippen molar-refractivity contribution in [3.05, 3.63) is 11.7 Å². The number of morpholine rings is 1. The average molecular weight is 510 g/mol. The lowest BCUT2D eigenvalue weighted by Crippen LogP contribution is -2.48. The lowest BCUT2D eigenvalue weighted by molar-refractivity contribution is -0.0179. The van der Waals surface area contributed by atoms with Crippen molar-refractivity contribution in [2.45, 2.75) is 45.6 Å². The van der Waals surface area contributed by atoms with Crippen molar-refractivity contribution < 1.29 is 14.4 Å². The molecule has 1 aromatic heterocycles. The van der Waals surface area contributed by atoms with Crippen LogP contribution in [0.1, 0.15) is 45.3 Å². The average Bonchev–Trinajstić information content (AvgIpc) is 3.09. The molecule has 2 heterocycles. The molecule has 1 saturated heterocycles. The Bertz CT molecular complexity index is 588. The maximum Gasteiger partial charge on any atom is 0.228 e. The van der Waals surface area contributed by atoms with Gasteiger partial charge in [0.2, 0.25) is 5.89 Å². The summed E-state index contributed by atoms with van der Waals surface area (Å²) in [5, 5.41) is 21.1. The highest BCUT2D eigenvalue weighted by Crippen LogP contribution is 2.10. The summed E-state index contributed by atoms with van der Waals surface area (Å²) in [6.45, 7) is 13.3. The van der Waals surface area contributed by atoms with Gasteiger partial charge < -0.3 is 25.0 Å². The first kappa shape index (κ1) is 25.1. The molecule has 1 unspecified atom stereocenters. The Morgan fingerprint density at radius 3 is 2.64 bits per heavy atom. The summed E-state index contributed by atoms with van der Waals surface area (Å²) in [5.74, 6) is 2.26. The zero-order valence-electron chi connectivity index (χ0n) is 17.4. The number of hydrogen-bond donors (Lipinski definition) is 3. The number of aromatic nitrogens is 2. The SMILES string of the molecule is CCNC(=NCC(C)(O)CN1CCOCC1)NCCc1nc(C(C)C)no1.I. The molecule has 0 saturated carbocycles. The zero-order valence-corrected chi connectivity index (χ0v) is 19.7. The fourth-order valence-corrected chi connectivity index (χ4v) is 2.77. The number of halogens is 1. The van der Waals surface area contributed by atoms with Crippen molar-refractivity contribution in [3.8, 4) is 0 Å². The molecular formula is C18H35IN6O3. The number of nitrogens with one attached hydrogen (secondary N) is 2. The van der Waals surface area contributed by atoms with Crippen molar-refractivity contribution in [2.75, 3.05) is 52.5 Å². The predicted octanol–water partition coefficient (Wildman–Crippen LogP) is 0.992. The summed E-state index contributed by atoms with van der Waals surface area (Å²) < 4.78 is 10.6. The number of β-amino-alcohol motifs (C(OH)–C–C–N with tert-alkyl or cyclic N) is 1. The first-order valence-corrected chi connectivity index (χ1v) is 9.77. The van der Waals surface area contributed by atoms with Crippen LogP contribution in [0.5, 0.6) is 0 Å². The van der Waals surface area contributed by atoms with Gasteiger partial charge in [0.15, 0.2) is 11.8 Å². The fraction of sp³-hybridized carbons (Fsp3) is 0.833. The van der Waals surface area contributed by atoms with Gasteiger partial charge in [-0.25, -0.2) is 0 Å². The second kappa shape index (κ2) is 12.6. The number of aliphatic imine (C=N–C) groups is 1. The molecule has 1 aliphatic rings. The maximum absolute atomic E-state index is 10.7. The number of nitrogens with zero attached hydrogens (tertiary/aromatic N) is 4. The van der Waals surface area contributed by atoms with Crippen LogP contribution in [-0.4, -0.2) is 84.2 Å². The van der Waals surface area contributed by atoms with Crippen LogP contribution in [0.2, 0.25) is 0 Å². The van der Waals surface area contributed by atoms with Crippen LogP contribution in [0.3, 0.4) is 0 Å². The summed E-state index contributed by atoms with van der Waals surface area (Å²) in [7, 11) is 0. The summed E-state index contributed by atoms with van der Waals surface area (Å²) >= 11 is 0. The molecule has 0 radical (unpaired) electrons. The third kappa shape index (κ3) is 9.01. The Labute approximate surface area is 184 Å². The van der Waals surface area contributed by atoms with Gasteiger partial charge in [-0.2, -0.15) is 4.98 Å². The van der Waals surface area contributed by atoms with E-state index in [1.54, 1.807) is 0 Å². The van der Waals surface area contributed by atoms with Gasteiger partial charge in [-0.3, -0.25) is 9.89 Å². The highest BCUT2D eigenvalue weighted by molar-refractivity contribution is 14.0. The van der Waals surface area contributed by atoms with Gasteiger partial charge in [0.1, 0.15) is 0 Å². The molecule has 1 aliphatic heterocycles. The van der Waals surface area contributed by atoms with Crippen LogP contribution in [0, 0.1) is 0 Å². The first-order valence-electron chi connectivity index (χ1n) is 9.77. The second-order valence-corrected chi connectivity index (χ2v) is 7.46. The van der Waals surface area contributed by atoms with Crippen LogP contribution < -0.4 is 10.6 Å². The number of aliphatic hydroxyl groups is 1. The smallest absolute Gasteiger partial charge is 0.228 e. The van der Waals surface area contributed by atoms with Crippen molar-refractivity contribution >= 4 is 29.9 Å². The van der Waals surface area contributed by atoms with E-state index in [-0.39, 0.29) is 29.9 Å². The van der Waals surface area contributed by atoms with E-state index in [1.807, 2.05) is 27.7 Å². The van der Waals surface area contributed by atoms with Crippen LogP contribution in [-0.2, 0) is 11.2 Å². The van der Waals surface area contributed by atoms with E-state index in [1.165, 1.54) is 0 Å². The zero-order chi connectivity index (χ0) is 19.7. The summed E-state index contributed by atoms with van der Waals surface area (Å²) in [5.41, 5.74) is -0.891. The van der Waals surface area contributed by atoms with E-state index < -0.39 is 5.60 Å². The first-order chi connectivity index (χ1) is 12.9. The van der Waals surface area contributed by atoms with Crippen molar-refractivity contribution in [1.82, 2.24) is 25.7 Å². The van der Waals surface area contributed by atoms with E-state index in [0.29, 0.717) is 37.9 Å². The molecule has 1 aromatic rings. The molecule has 1 fully saturated rings. The van der Waals surface area contributed by atoms with Crippen LogP contribution >= 0.6 is 24.0 Å². The molecular weight excluding hydrogens is 475 g/mol. The minimum absolute atomic E-state index is 0. The molecule has 0 aromatic carbocycles. The molecule has 3 N–H and O–H groups in total. The van der Waals surface area contributed by atoms with Crippen molar-refractivity contribution in [1.29, 1.82) is 0 Å². The molecule has 9 nitrogen and oxygen atoms in total. The van der Waals surface area contributed by atoms with E-state index in [0.717, 1.165) is 38.7 Å². The van der Waals surface area contributed by atoms with Gasteiger partial charge in [0.05, 0.1) is 25.4 Å². The standard InChI is InChI=1S/C18H34N6O3.HI/c1-5-19-17(20-7-6-15-22-16(14(2)3)23-27-15)21-12-18(4,25)13-24-8-10-26-11-9-24;/h14,25H,5-13H2,1-4H3,(H2,19,20,21);1H. The lowest BCUT2D eigenvalue weighted by Gasteiger charge is -2.33. The maximum atomic E-state index is 10.7. The largest absolute Gasteiger partial charge is 0.387 e. The highest BCUT2D eigenvalue weighted by Gasteiger charge is 2.25. The number of hydrogen-bond acceptors (Lipinski definition) is 7. The van der Waals surface area contributed by atoms with E-state index in [9.17, 15) is 5.11 Å². The number of guanidine groups is 1. The topological polar surface area (TPSA) is 108 Å². The normalized spacial score (nSPS) is 17.9. The molecule has 0 spiro atoms. The summed E-state index contributed by atoms with van der Waals surface area (Å²) in [4.78, 5) is 11.1. The molecule has 10 heteroatoms. The molecule has 0 bridgehead atoms. The Balaban J connectivity index is 0.00000392.